The molecule has 0 aliphatic carbocycles. The summed E-state index contributed by atoms with van der Waals surface area (Å²) < 4.78 is 17.7. The van der Waals surface area contributed by atoms with Gasteiger partial charge in [-0.1, -0.05) is 12.1 Å². The van der Waals surface area contributed by atoms with Crippen molar-refractivity contribution in [1.82, 2.24) is 4.98 Å². The van der Waals surface area contributed by atoms with E-state index >= 15 is 0 Å². The average molecular weight is 365 g/mol. The lowest BCUT2D eigenvalue weighted by Gasteiger charge is -2.11. The standard InChI is InChI=1S/C20H16FN3O3/c1-27-20(26)16-4-2-3-5-17(16)24-18-11-10-15(12-22-18)23-19(25)13-6-8-14(21)9-7-13/h2-12H,1H3,(H,22,24)(H,23,25). The van der Waals surface area contributed by atoms with E-state index in [1.54, 1.807) is 36.4 Å². The van der Waals surface area contributed by atoms with E-state index in [0.29, 0.717) is 28.3 Å². The van der Waals surface area contributed by atoms with Gasteiger partial charge in [-0.3, -0.25) is 4.79 Å². The van der Waals surface area contributed by atoms with Gasteiger partial charge in [0.15, 0.2) is 0 Å². The van der Waals surface area contributed by atoms with Gasteiger partial charge < -0.3 is 15.4 Å². The molecule has 0 saturated carbocycles. The monoisotopic (exact) mass is 365 g/mol. The van der Waals surface area contributed by atoms with Crippen molar-refractivity contribution in [2.24, 2.45) is 0 Å². The highest BCUT2D eigenvalue weighted by Crippen LogP contribution is 2.21. The zero-order chi connectivity index (χ0) is 19.2. The third-order valence-corrected chi connectivity index (χ3v) is 3.72. The maximum absolute atomic E-state index is 12.9. The number of ether oxygens (including phenoxy) is 1. The summed E-state index contributed by atoms with van der Waals surface area (Å²) in [7, 11) is 1.32. The van der Waals surface area contributed by atoms with Gasteiger partial charge in [-0.05, 0) is 48.5 Å². The molecule has 2 N–H and O–H groups in total. The molecule has 136 valence electrons. The fourth-order valence-corrected chi connectivity index (χ4v) is 2.36. The summed E-state index contributed by atoms with van der Waals surface area (Å²) in [6.07, 6.45) is 1.48. The molecule has 1 amide bonds. The Morgan fingerprint density at radius 3 is 2.41 bits per heavy atom. The van der Waals surface area contributed by atoms with Crippen LogP contribution in [-0.4, -0.2) is 24.0 Å². The molecule has 1 heterocycles. The number of nitrogens with zero attached hydrogens (tertiary/aromatic N) is 1. The van der Waals surface area contributed by atoms with Gasteiger partial charge in [-0.25, -0.2) is 14.2 Å². The van der Waals surface area contributed by atoms with Gasteiger partial charge in [0.05, 0.1) is 30.2 Å². The molecule has 0 aliphatic rings. The first kappa shape index (κ1) is 18.1. The van der Waals surface area contributed by atoms with Gasteiger partial charge in [0.1, 0.15) is 11.6 Å². The molecular formula is C20H16FN3O3. The van der Waals surface area contributed by atoms with Crippen LogP contribution in [0.4, 0.5) is 21.6 Å². The van der Waals surface area contributed by atoms with Crippen molar-refractivity contribution in [1.29, 1.82) is 0 Å². The van der Waals surface area contributed by atoms with Crippen molar-refractivity contribution < 1.29 is 18.7 Å². The lowest BCUT2D eigenvalue weighted by Crippen LogP contribution is -2.12. The summed E-state index contributed by atoms with van der Waals surface area (Å²) >= 11 is 0. The number of rotatable bonds is 5. The van der Waals surface area contributed by atoms with E-state index in [-0.39, 0.29) is 5.91 Å². The van der Waals surface area contributed by atoms with Crippen molar-refractivity contribution >= 4 is 29.1 Å². The maximum Gasteiger partial charge on any atom is 0.339 e. The quantitative estimate of drug-likeness (QED) is 0.668. The fraction of sp³-hybridized carbons (Fsp3) is 0.0500. The molecule has 0 spiro atoms. The van der Waals surface area contributed by atoms with Crippen LogP contribution in [0.2, 0.25) is 0 Å². The first-order valence-electron chi connectivity index (χ1n) is 8.04. The largest absolute Gasteiger partial charge is 0.465 e. The summed E-state index contributed by atoms with van der Waals surface area (Å²) in [5.74, 6) is -0.739. The van der Waals surface area contributed by atoms with Crippen LogP contribution in [0.15, 0.2) is 66.9 Å². The lowest BCUT2D eigenvalue weighted by molar-refractivity contribution is 0.0601. The van der Waals surface area contributed by atoms with E-state index in [2.05, 4.69) is 15.6 Å². The van der Waals surface area contributed by atoms with Crippen LogP contribution in [0.3, 0.4) is 0 Å². The second-order valence-corrected chi connectivity index (χ2v) is 5.56. The Balaban J connectivity index is 1.70. The second kappa shape index (κ2) is 8.09. The van der Waals surface area contributed by atoms with E-state index in [0.717, 1.165) is 0 Å². The van der Waals surface area contributed by atoms with Crippen LogP contribution in [0.25, 0.3) is 0 Å². The molecule has 0 atom stereocenters. The number of benzene rings is 2. The fourth-order valence-electron chi connectivity index (χ4n) is 2.36. The van der Waals surface area contributed by atoms with E-state index in [4.69, 9.17) is 4.74 Å². The number of halogens is 1. The van der Waals surface area contributed by atoms with Crippen LogP contribution >= 0.6 is 0 Å². The van der Waals surface area contributed by atoms with Crippen LogP contribution in [0.1, 0.15) is 20.7 Å². The minimum Gasteiger partial charge on any atom is -0.465 e. The minimum absolute atomic E-state index is 0.339. The van der Waals surface area contributed by atoms with E-state index in [9.17, 15) is 14.0 Å². The van der Waals surface area contributed by atoms with E-state index < -0.39 is 11.8 Å². The zero-order valence-corrected chi connectivity index (χ0v) is 14.4. The molecule has 0 unspecified atom stereocenters. The lowest BCUT2D eigenvalue weighted by atomic mass is 10.2. The highest BCUT2D eigenvalue weighted by Gasteiger charge is 2.11. The molecule has 0 radical (unpaired) electrons. The molecular weight excluding hydrogens is 349 g/mol. The number of hydrogen-bond acceptors (Lipinski definition) is 5. The normalized spacial score (nSPS) is 10.1. The number of anilines is 3. The number of amides is 1. The summed E-state index contributed by atoms with van der Waals surface area (Å²) in [4.78, 5) is 28.2. The Morgan fingerprint density at radius 1 is 1.00 bits per heavy atom. The predicted molar refractivity (Wildman–Crippen MR) is 99.7 cm³/mol. The molecule has 1 aromatic heterocycles. The number of para-hydroxylation sites is 1. The second-order valence-electron chi connectivity index (χ2n) is 5.56. The number of pyridine rings is 1. The predicted octanol–water partition coefficient (Wildman–Crippen LogP) is 4.00. The molecule has 0 bridgehead atoms. The Kier molecular flexibility index (Phi) is 5.41. The van der Waals surface area contributed by atoms with Crippen molar-refractivity contribution in [3.05, 3.63) is 83.8 Å². The number of aromatic nitrogens is 1. The van der Waals surface area contributed by atoms with Crippen LogP contribution in [0, 0.1) is 5.82 Å². The van der Waals surface area contributed by atoms with Crippen molar-refractivity contribution in [3.63, 3.8) is 0 Å². The summed E-state index contributed by atoms with van der Waals surface area (Å²) in [5, 5.41) is 5.72. The summed E-state index contributed by atoms with van der Waals surface area (Å²) in [5.41, 5.74) is 1.76. The van der Waals surface area contributed by atoms with Crippen molar-refractivity contribution in [2.45, 2.75) is 0 Å². The Morgan fingerprint density at radius 2 is 1.74 bits per heavy atom. The van der Waals surface area contributed by atoms with Crippen LogP contribution in [0.5, 0.6) is 0 Å². The van der Waals surface area contributed by atoms with Gasteiger partial charge in [0, 0.05) is 5.56 Å². The number of hydrogen-bond donors (Lipinski definition) is 2. The van der Waals surface area contributed by atoms with Crippen molar-refractivity contribution in [3.8, 4) is 0 Å². The molecule has 27 heavy (non-hydrogen) atoms. The maximum atomic E-state index is 12.9. The summed E-state index contributed by atoms with van der Waals surface area (Å²) in [6, 6.07) is 15.5. The Hall–Kier alpha value is -3.74. The van der Waals surface area contributed by atoms with Crippen LogP contribution in [-0.2, 0) is 4.74 Å². The Bertz CT molecular complexity index is 957. The van der Waals surface area contributed by atoms with Gasteiger partial charge in [-0.2, -0.15) is 0 Å². The number of carbonyl (C=O) groups is 2. The number of carbonyl (C=O) groups excluding carboxylic acids is 2. The van der Waals surface area contributed by atoms with Crippen LogP contribution < -0.4 is 10.6 Å². The smallest absolute Gasteiger partial charge is 0.339 e. The number of esters is 1. The SMILES string of the molecule is COC(=O)c1ccccc1Nc1ccc(NC(=O)c2ccc(F)cc2)cn1. The Labute approximate surface area is 155 Å². The van der Waals surface area contributed by atoms with Gasteiger partial charge in [-0.15, -0.1) is 0 Å². The zero-order valence-electron chi connectivity index (χ0n) is 14.4. The first-order valence-corrected chi connectivity index (χ1v) is 8.04. The molecule has 2 aromatic carbocycles. The molecule has 7 heteroatoms. The summed E-state index contributed by atoms with van der Waals surface area (Å²) in [6.45, 7) is 0. The third kappa shape index (κ3) is 4.46. The number of nitrogens with one attached hydrogen (secondary N) is 2. The van der Waals surface area contributed by atoms with Gasteiger partial charge in [0.25, 0.3) is 5.91 Å². The van der Waals surface area contributed by atoms with E-state index in [1.807, 2.05) is 0 Å². The highest BCUT2D eigenvalue weighted by atomic mass is 19.1. The van der Waals surface area contributed by atoms with E-state index in [1.165, 1.54) is 37.6 Å². The minimum atomic E-state index is -0.457. The topological polar surface area (TPSA) is 80.3 Å². The van der Waals surface area contributed by atoms with Gasteiger partial charge in [0.2, 0.25) is 0 Å². The molecule has 3 aromatic rings. The van der Waals surface area contributed by atoms with Gasteiger partial charge >= 0.3 is 5.97 Å². The number of methoxy groups -OCH3 is 1. The highest BCUT2D eigenvalue weighted by molar-refractivity contribution is 6.04. The molecule has 0 aliphatic heterocycles. The molecule has 6 nitrogen and oxygen atoms in total. The first-order chi connectivity index (χ1) is 13.1. The third-order valence-electron chi connectivity index (χ3n) is 3.72. The molecule has 0 fully saturated rings. The van der Waals surface area contributed by atoms with Crippen molar-refractivity contribution in [2.75, 3.05) is 17.7 Å². The molecule has 0 saturated heterocycles. The average Bonchev–Trinajstić information content (AvgIpc) is 2.70. The molecule has 3 rings (SSSR count).